The van der Waals surface area contributed by atoms with Gasteiger partial charge in [-0.3, -0.25) is 4.79 Å². The molecule has 0 spiro atoms. The molecule has 0 atom stereocenters. The highest BCUT2D eigenvalue weighted by atomic mass is 16.5. The average Bonchev–Trinajstić information content (AvgIpc) is 3.00. The quantitative estimate of drug-likeness (QED) is 0.734. The molecule has 1 fully saturated rings. The summed E-state index contributed by atoms with van der Waals surface area (Å²) in [5.41, 5.74) is 0. The highest BCUT2D eigenvalue weighted by Gasteiger charge is 2.28. The van der Waals surface area contributed by atoms with E-state index in [1.165, 1.54) is 0 Å². The lowest BCUT2D eigenvalue weighted by atomic mass is 10.3. The van der Waals surface area contributed by atoms with Gasteiger partial charge in [0.1, 0.15) is 0 Å². The van der Waals surface area contributed by atoms with Crippen LogP contribution in [0.25, 0.3) is 0 Å². The van der Waals surface area contributed by atoms with Crippen LogP contribution < -0.4 is 5.32 Å². The van der Waals surface area contributed by atoms with Crippen LogP contribution >= 0.6 is 0 Å². The predicted octanol–water partition coefficient (Wildman–Crippen LogP) is 0.743. The standard InChI is InChI=1S/C10H18N2O3/c1-3-15-10(14)11-7-6-9(13)12(2)8-4-5-8/h8H,3-7H2,1-2H3,(H,11,14). The van der Waals surface area contributed by atoms with Crippen molar-refractivity contribution in [3.63, 3.8) is 0 Å². The van der Waals surface area contributed by atoms with Crippen LogP contribution in [-0.2, 0) is 9.53 Å². The van der Waals surface area contributed by atoms with Crippen molar-refractivity contribution in [1.82, 2.24) is 10.2 Å². The van der Waals surface area contributed by atoms with E-state index in [1.807, 2.05) is 7.05 Å². The minimum atomic E-state index is -0.459. The Labute approximate surface area is 89.8 Å². The summed E-state index contributed by atoms with van der Waals surface area (Å²) in [5.74, 6) is 0.0781. The van der Waals surface area contributed by atoms with E-state index in [2.05, 4.69) is 10.1 Å². The van der Waals surface area contributed by atoms with E-state index in [1.54, 1.807) is 11.8 Å². The van der Waals surface area contributed by atoms with Gasteiger partial charge in [-0.1, -0.05) is 0 Å². The topological polar surface area (TPSA) is 58.6 Å². The summed E-state index contributed by atoms with van der Waals surface area (Å²) in [5, 5.41) is 2.52. The highest BCUT2D eigenvalue weighted by molar-refractivity contribution is 5.77. The van der Waals surface area contributed by atoms with Crippen LogP contribution in [0, 0.1) is 0 Å². The Morgan fingerprint density at radius 1 is 1.47 bits per heavy atom. The van der Waals surface area contributed by atoms with Crippen molar-refractivity contribution < 1.29 is 14.3 Å². The fourth-order valence-electron chi connectivity index (χ4n) is 1.30. The first-order chi connectivity index (χ1) is 7.15. The first-order valence-corrected chi connectivity index (χ1v) is 5.31. The molecule has 5 heteroatoms. The van der Waals surface area contributed by atoms with Gasteiger partial charge in [0.15, 0.2) is 0 Å². The van der Waals surface area contributed by atoms with E-state index in [4.69, 9.17) is 0 Å². The van der Waals surface area contributed by atoms with Crippen LogP contribution in [-0.4, -0.2) is 43.1 Å². The number of rotatable bonds is 5. The molecule has 5 nitrogen and oxygen atoms in total. The summed E-state index contributed by atoms with van der Waals surface area (Å²) in [4.78, 5) is 24.1. The van der Waals surface area contributed by atoms with Gasteiger partial charge in [-0.25, -0.2) is 4.79 Å². The monoisotopic (exact) mass is 214 g/mol. The van der Waals surface area contributed by atoms with Gasteiger partial charge in [0.05, 0.1) is 6.61 Å². The summed E-state index contributed by atoms with van der Waals surface area (Å²) in [6, 6.07) is 0.431. The maximum atomic E-state index is 11.5. The lowest BCUT2D eigenvalue weighted by Gasteiger charge is -2.16. The van der Waals surface area contributed by atoms with Crippen LogP contribution in [0.3, 0.4) is 0 Å². The molecule has 0 saturated heterocycles. The fourth-order valence-corrected chi connectivity index (χ4v) is 1.30. The van der Waals surface area contributed by atoms with Crippen molar-refractivity contribution in [2.75, 3.05) is 20.2 Å². The van der Waals surface area contributed by atoms with Gasteiger partial charge in [-0.2, -0.15) is 0 Å². The zero-order valence-corrected chi connectivity index (χ0v) is 9.28. The van der Waals surface area contributed by atoms with Crippen LogP contribution in [0.4, 0.5) is 4.79 Å². The number of carbonyl (C=O) groups excluding carboxylic acids is 2. The maximum Gasteiger partial charge on any atom is 0.407 e. The van der Waals surface area contributed by atoms with Crippen LogP contribution in [0.5, 0.6) is 0 Å². The molecule has 0 aliphatic heterocycles. The minimum absolute atomic E-state index is 0.0781. The molecule has 0 radical (unpaired) electrons. The lowest BCUT2D eigenvalue weighted by molar-refractivity contribution is -0.130. The molecule has 1 N–H and O–H groups in total. The van der Waals surface area contributed by atoms with Gasteiger partial charge in [0.2, 0.25) is 5.91 Å². The summed E-state index contributed by atoms with van der Waals surface area (Å²) in [6.07, 6.45) is 2.09. The molecule has 0 aromatic heterocycles. The van der Waals surface area contributed by atoms with E-state index in [0.29, 0.717) is 25.6 Å². The lowest BCUT2D eigenvalue weighted by Crippen LogP contribution is -2.33. The predicted molar refractivity (Wildman–Crippen MR) is 55.4 cm³/mol. The molecular formula is C10H18N2O3. The molecular weight excluding hydrogens is 196 g/mol. The van der Waals surface area contributed by atoms with Crippen molar-refractivity contribution in [3.05, 3.63) is 0 Å². The molecule has 15 heavy (non-hydrogen) atoms. The Hall–Kier alpha value is -1.26. The van der Waals surface area contributed by atoms with E-state index in [0.717, 1.165) is 12.8 Å². The normalized spacial score (nSPS) is 14.5. The SMILES string of the molecule is CCOC(=O)NCCC(=O)N(C)C1CC1. The van der Waals surface area contributed by atoms with Crippen molar-refractivity contribution in [3.8, 4) is 0 Å². The molecule has 1 rings (SSSR count). The summed E-state index contributed by atoms with van der Waals surface area (Å²) < 4.78 is 4.67. The Bertz CT molecular complexity index is 239. The second-order valence-electron chi connectivity index (χ2n) is 3.63. The molecule has 1 aliphatic carbocycles. The molecule has 1 aliphatic rings. The second-order valence-corrected chi connectivity index (χ2v) is 3.63. The summed E-state index contributed by atoms with van der Waals surface area (Å²) in [7, 11) is 1.81. The maximum absolute atomic E-state index is 11.5. The molecule has 0 heterocycles. The molecule has 86 valence electrons. The Kier molecular flexibility index (Phi) is 4.39. The van der Waals surface area contributed by atoms with Crippen LogP contribution in [0.15, 0.2) is 0 Å². The summed E-state index contributed by atoms with van der Waals surface area (Å²) >= 11 is 0. The molecule has 0 unspecified atom stereocenters. The van der Waals surface area contributed by atoms with E-state index >= 15 is 0 Å². The largest absolute Gasteiger partial charge is 0.450 e. The first kappa shape index (κ1) is 11.8. The molecule has 0 aromatic rings. The van der Waals surface area contributed by atoms with Gasteiger partial charge >= 0.3 is 6.09 Å². The van der Waals surface area contributed by atoms with Gasteiger partial charge in [-0.05, 0) is 19.8 Å². The first-order valence-electron chi connectivity index (χ1n) is 5.31. The number of nitrogens with zero attached hydrogens (tertiary/aromatic N) is 1. The minimum Gasteiger partial charge on any atom is -0.450 e. The van der Waals surface area contributed by atoms with Crippen molar-refractivity contribution >= 4 is 12.0 Å². The molecule has 1 saturated carbocycles. The number of alkyl carbamates (subject to hydrolysis) is 1. The van der Waals surface area contributed by atoms with Gasteiger partial charge in [-0.15, -0.1) is 0 Å². The highest BCUT2D eigenvalue weighted by Crippen LogP contribution is 2.25. The molecule has 2 amide bonds. The zero-order valence-electron chi connectivity index (χ0n) is 9.28. The number of hydrogen-bond donors (Lipinski definition) is 1. The number of hydrogen-bond acceptors (Lipinski definition) is 3. The van der Waals surface area contributed by atoms with Gasteiger partial charge in [0, 0.05) is 26.1 Å². The van der Waals surface area contributed by atoms with Crippen LogP contribution in [0.1, 0.15) is 26.2 Å². The van der Waals surface area contributed by atoms with Crippen molar-refractivity contribution in [2.24, 2.45) is 0 Å². The second kappa shape index (κ2) is 5.58. The smallest absolute Gasteiger partial charge is 0.407 e. The Morgan fingerprint density at radius 2 is 2.13 bits per heavy atom. The fraction of sp³-hybridized carbons (Fsp3) is 0.800. The third kappa shape index (κ3) is 4.18. The van der Waals surface area contributed by atoms with Crippen molar-refractivity contribution in [2.45, 2.75) is 32.2 Å². The number of nitrogens with one attached hydrogen (secondary N) is 1. The number of ether oxygens (including phenoxy) is 1. The average molecular weight is 214 g/mol. The number of carbonyl (C=O) groups is 2. The van der Waals surface area contributed by atoms with E-state index in [-0.39, 0.29) is 5.91 Å². The third-order valence-corrected chi connectivity index (χ3v) is 2.37. The molecule has 0 bridgehead atoms. The van der Waals surface area contributed by atoms with E-state index in [9.17, 15) is 9.59 Å². The Balaban J connectivity index is 2.08. The van der Waals surface area contributed by atoms with E-state index < -0.39 is 6.09 Å². The summed E-state index contributed by atoms with van der Waals surface area (Å²) in [6.45, 7) is 2.43. The van der Waals surface area contributed by atoms with Gasteiger partial charge < -0.3 is 15.0 Å². The van der Waals surface area contributed by atoms with Crippen LogP contribution in [0.2, 0.25) is 0 Å². The number of amides is 2. The zero-order chi connectivity index (χ0) is 11.3. The molecule has 0 aromatic carbocycles. The van der Waals surface area contributed by atoms with Gasteiger partial charge in [0.25, 0.3) is 0 Å². The van der Waals surface area contributed by atoms with Crippen molar-refractivity contribution in [1.29, 1.82) is 0 Å². The Morgan fingerprint density at radius 3 is 2.67 bits per heavy atom. The third-order valence-electron chi connectivity index (χ3n) is 2.37.